The molecule has 1 unspecified atom stereocenters. The molecule has 1 aliphatic rings. The van der Waals surface area contributed by atoms with Gasteiger partial charge in [0.2, 0.25) is 5.78 Å². The normalized spacial score (nSPS) is 20.6. The number of hydrogen-bond acceptors (Lipinski definition) is 7. The molecule has 1 aromatic rings. The van der Waals surface area contributed by atoms with Gasteiger partial charge in [-0.05, 0) is 18.6 Å². The lowest BCUT2D eigenvalue weighted by Crippen LogP contribution is -2.44. The minimum atomic E-state index is -4.69. The minimum Gasteiger partial charge on any atom is -0.427 e. The van der Waals surface area contributed by atoms with E-state index >= 15 is 0 Å². The second-order valence-electron chi connectivity index (χ2n) is 6.46. The van der Waals surface area contributed by atoms with Crippen LogP contribution in [0.2, 0.25) is 5.02 Å². The van der Waals surface area contributed by atoms with Crippen LogP contribution >= 0.6 is 23.2 Å². The first-order chi connectivity index (χ1) is 13.7. The van der Waals surface area contributed by atoms with Gasteiger partial charge in [0.1, 0.15) is 6.61 Å². The maximum Gasteiger partial charge on any atom is 0.411 e. The van der Waals surface area contributed by atoms with Crippen LogP contribution in [0.4, 0.5) is 13.2 Å². The first-order valence-corrected chi connectivity index (χ1v) is 11.0. The number of esters is 1. The summed E-state index contributed by atoms with van der Waals surface area (Å²) in [4.78, 5) is 36.4. The molecule has 1 saturated heterocycles. The van der Waals surface area contributed by atoms with Crippen LogP contribution in [0.3, 0.4) is 0 Å². The highest BCUT2D eigenvalue weighted by Gasteiger charge is 2.50. The van der Waals surface area contributed by atoms with Gasteiger partial charge in [0.25, 0.3) is 0 Å². The Labute approximate surface area is 179 Å². The molecule has 1 aliphatic heterocycles. The highest BCUT2D eigenvalue weighted by atomic mass is 35.5. The number of carbonyl (C=O) groups is 3. The fraction of sp³-hybridized carbons (Fsp3) is 0.471. The van der Waals surface area contributed by atoms with Gasteiger partial charge in [0.05, 0.1) is 16.5 Å². The molecule has 0 aromatic heterocycles. The molecule has 0 saturated carbocycles. The van der Waals surface area contributed by atoms with Crippen molar-refractivity contribution >= 4 is 50.6 Å². The third kappa shape index (κ3) is 5.51. The standard InChI is InChI=1S/C17H15Cl2F3O7S/c1-30(26,27)11-6-5-9(14(18)10(11)7-28-8-16(20,21)22)15(25)17(19)12(23)3-2-4-13(24)29-17/h5-6H,2-4,7-8H2,1H3. The van der Waals surface area contributed by atoms with Gasteiger partial charge in [0, 0.05) is 30.2 Å². The van der Waals surface area contributed by atoms with Gasteiger partial charge in [-0.2, -0.15) is 13.2 Å². The Kier molecular flexibility index (Phi) is 7.22. The minimum absolute atomic E-state index is 0.108. The fourth-order valence-corrected chi connectivity index (χ4v) is 4.26. The summed E-state index contributed by atoms with van der Waals surface area (Å²) < 4.78 is 70.4. The Balaban J connectivity index is 2.53. The molecule has 0 spiro atoms. The zero-order chi connectivity index (χ0) is 22.9. The lowest BCUT2D eigenvalue weighted by Gasteiger charge is -2.23. The van der Waals surface area contributed by atoms with Crippen molar-refractivity contribution in [2.75, 3.05) is 12.9 Å². The summed E-state index contributed by atoms with van der Waals surface area (Å²) in [5, 5.41) is -3.30. The Morgan fingerprint density at radius 1 is 1.27 bits per heavy atom. The van der Waals surface area contributed by atoms with E-state index in [1.165, 1.54) is 0 Å². The van der Waals surface area contributed by atoms with Gasteiger partial charge in [0.15, 0.2) is 15.6 Å². The average Bonchev–Trinajstić information content (AvgIpc) is 2.72. The molecule has 1 heterocycles. The predicted octanol–water partition coefficient (Wildman–Crippen LogP) is 3.24. The van der Waals surface area contributed by atoms with Crippen LogP contribution < -0.4 is 0 Å². The molecule has 0 bridgehead atoms. The maximum absolute atomic E-state index is 12.9. The summed E-state index contributed by atoms with van der Waals surface area (Å²) in [6, 6.07) is 1.86. The number of halogens is 5. The van der Waals surface area contributed by atoms with Crippen LogP contribution in [0.5, 0.6) is 0 Å². The molecule has 0 aliphatic carbocycles. The maximum atomic E-state index is 12.9. The highest BCUT2D eigenvalue weighted by molar-refractivity contribution is 7.90. The average molecular weight is 491 g/mol. The van der Waals surface area contributed by atoms with Crippen molar-refractivity contribution in [3.05, 3.63) is 28.3 Å². The molecular formula is C17H15Cl2F3O7S. The van der Waals surface area contributed by atoms with Crippen molar-refractivity contribution < 1.29 is 45.4 Å². The molecule has 166 valence electrons. The monoisotopic (exact) mass is 490 g/mol. The van der Waals surface area contributed by atoms with Gasteiger partial charge in [-0.15, -0.1) is 0 Å². The van der Waals surface area contributed by atoms with Crippen LogP contribution in [0.1, 0.15) is 35.2 Å². The largest absolute Gasteiger partial charge is 0.427 e. The molecule has 0 N–H and O–H groups in total. The topological polar surface area (TPSA) is 104 Å². The quantitative estimate of drug-likeness (QED) is 0.261. The van der Waals surface area contributed by atoms with Crippen LogP contribution in [0, 0.1) is 0 Å². The van der Waals surface area contributed by atoms with E-state index in [1.807, 2.05) is 0 Å². The summed E-state index contributed by atoms with van der Waals surface area (Å²) in [5.41, 5.74) is -0.936. The van der Waals surface area contributed by atoms with Gasteiger partial charge in [-0.3, -0.25) is 14.4 Å². The number of hydrogen-bond donors (Lipinski definition) is 0. The summed E-state index contributed by atoms with van der Waals surface area (Å²) in [7, 11) is -3.97. The van der Waals surface area contributed by atoms with E-state index in [0.717, 1.165) is 18.4 Å². The number of rotatable bonds is 6. The van der Waals surface area contributed by atoms with Crippen LogP contribution in [-0.2, 0) is 35.5 Å². The molecule has 0 radical (unpaired) electrons. The predicted molar refractivity (Wildman–Crippen MR) is 98.1 cm³/mol. The van der Waals surface area contributed by atoms with Gasteiger partial charge < -0.3 is 9.47 Å². The summed E-state index contributed by atoms with van der Waals surface area (Å²) >= 11 is 12.1. The number of Topliss-reactive ketones (excluding diaryl/α,β-unsaturated/α-hetero) is 2. The van der Waals surface area contributed by atoms with Crippen molar-refractivity contribution in [3.63, 3.8) is 0 Å². The second-order valence-corrected chi connectivity index (χ2v) is 9.35. The fourth-order valence-electron chi connectivity index (χ4n) is 2.69. The first kappa shape index (κ1) is 24.6. The van der Waals surface area contributed by atoms with Gasteiger partial charge >= 0.3 is 17.2 Å². The zero-order valence-electron chi connectivity index (χ0n) is 15.3. The van der Waals surface area contributed by atoms with E-state index in [2.05, 4.69) is 4.74 Å². The Hall–Kier alpha value is -1.69. The second kappa shape index (κ2) is 8.81. The molecule has 13 heteroatoms. The van der Waals surface area contributed by atoms with E-state index in [1.54, 1.807) is 0 Å². The number of alkyl halides is 4. The number of cyclic esters (lactones) is 1. The number of sulfone groups is 1. The van der Waals surface area contributed by atoms with Crippen LogP contribution in [0.15, 0.2) is 17.0 Å². The third-order valence-corrected chi connectivity index (χ3v) is 6.12. The zero-order valence-corrected chi connectivity index (χ0v) is 17.7. The van der Waals surface area contributed by atoms with E-state index in [4.69, 9.17) is 27.9 Å². The molecular weight excluding hydrogens is 476 g/mol. The third-order valence-electron chi connectivity index (χ3n) is 4.05. The van der Waals surface area contributed by atoms with Crippen molar-refractivity contribution in [1.29, 1.82) is 0 Å². The molecule has 1 aromatic carbocycles. The van der Waals surface area contributed by atoms with Gasteiger partial charge in [-0.25, -0.2) is 8.42 Å². The molecule has 7 nitrogen and oxygen atoms in total. The van der Waals surface area contributed by atoms with E-state index < -0.39 is 72.9 Å². The number of carbonyl (C=O) groups excluding carboxylic acids is 3. The Morgan fingerprint density at radius 2 is 1.90 bits per heavy atom. The van der Waals surface area contributed by atoms with E-state index in [9.17, 15) is 36.0 Å². The lowest BCUT2D eigenvalue weighted by atomic mass is 9.98. The van der Waals surface area contributed by atoms with Crippen molar-refractivity contribution in [1.82, 2.24) is 0 Å². The van der Waals surface area contributed by atoms with Crippen LogP contribution in [0.25, 0.3) is 0 Å². The Morgan fingerprint density at radius 3 is 2.47 bits per heavy atom. The lowest BCUT2D eigenvalue weighted by molar-refractivity contribution is -0.176. The molecule has 30 heavy (non-hydrogen) atoms. The van der Waals surface area contributed by atoms with Crippen molar-refractivity contribution in [2.24, 2.45) is 0 Å². The summed E-state index contributed by atoms with van der Waals surface area (Å²) in [6.07, 6.45) is -4.18. The number of benzene rings is 1. The highest BCUT2D eigenvalue weighted by Crippen LogP contribution is 2.35. The Bertz CT molecular complexity index is 992. The van der Waals surface area contributed by atoms with Crippen molar-refractivity contribution in [3.8, 4) is 0 Å². The number of ketones is 2. The van der Waals surface area contributed by atoms with Crippen LogP contribution in [-0.4, -0.2) is 50.1 Å². The first-order valence-electron chi connectivity index (χ1n) is 8.31. The SMILES string of the molecule is CS(=O)(=O)c1ccc(C(=O)C2(Cl)OC(=O)CCCC2=O)c(Cl)c1COCC(F)(F)F. The van der Waals surface area contributed by atoms with Crippen molar-refractivity contribution in [2.45, 2.75) is 42.0 Å². The smallest absolute Gasteiger partial charge is 0.411 e. The summed E-state index contributed by atoms with van der Waals surface area (Å²) in [5.74, 6) is -3.05. The van der Waals surface area contributed by atoms with E-state index in [0.29, 0.717) is 0 Å². The molecule has 0 amide bonds. The molecule has 1 fully saturated rings. The number of ether oxygens (including phenoxy) is 2. The van der Waals surface area contributed by atoms with Gasteiger partial charge in [-0.1, -0.05) is 23.2 Å². The molecule has 2 rings (SSSR count). The van der Waals surface area contributed by atoms with E-state index in [-0.39, 0.29) is 19.3 Å². The molecule has 1 atom stereocenters. The summed E-state index contributed by atoms with van der Waals surface area (Å²) in [6.45, 7) is -2.59.